The number of hydrogen-bond acceptors (Lipinski definition) is 4. The van der Waals surface area contributed by atoms with Crippen molar-refractivity contribution in [3.63, 3.8) is 0 Å². The van der Waals surface area contributed by atoms with Crippen molar-refractivity contribution < 1.29 is 9.32 Å². The van der Waals surface area contributed by atoms with E-state index in [1.54, 1.807) is 0 Å². The van der Waals surface area contributed by atoms with E-state index in [2.05, 4.69) is 15.8 Å². The molecule has 1 aromatic heterocycles. The van der Waals surface area contributed by atoms with Gasteiger partial charge in [-0.25, -0.2) is 0 Å². The normalized spacial score (nSPS) is 12.2. The van der Waals surface area contributed by atoms with Gasteiger partial charge in [0.25, 0.3) is 5.91 Å². The van der Waals surface area contributed by atoms with E-state index in [1.807, 2.05) is 31.2 Å². The maximum atomic E-state index is 12.0. The minimum absolute atomic E-state index is 0. The fourth-order valence-corrected chi connectivity index (χ4v) is 2.22. The van der Waals surface area contributed by atoms with Crippen LogP contribution in [0.3, 0.4) is 0 Å². The lowest BCUT2D eigenvalue weighted by atomic mass is 10.1. The Labute approximate surface area is 123 Å². The second-order valence-electron chi connectivity index (χ2n) is 4.67. The molecule has 3 rings (SSSR count). The number of amides is 1. The van der Waals surface area contributed by atoms with E-state index >= 15 is 0 Å². The first kappa shape index (κ1) is 14.4. The van der Waals surface area contributed by atoms with Crippen LogP contribution in [0.5, 0.6) is 0 Å². The fraction of sp³-hybridized carbons (Fsp3) is 0.286. The van der Waals surface area contributed by atoms with Crippen LogP contribution in [-0.4, -0.2) is 17.6 Å². The minimum Gasteiger partial charge on any atom is -0.384 e. The standard InChI is InChI=1S/C14H15N3O2.ClH/c1-9-6-12(19-17-9)8-16-14(18)11-2-3-13-10(7-11)4-5-15-13;/h2-3,6-7,15H,4-5,8H2,1H3,(H,16,18);1H. The molecule has 0 fully saturated rings. The van der Waals surface area contributed by atoms with E-state index in [4.69, 9.17) is 4.52 Å². The molecule has 1 amide bonds. The van der Waals surface area contributed by atoms with Crippen molar-refractivity contribution in [1.29, 1.82) is 0 Å². The number of halogens is 1. The van der Waals surface area contributed by atoms with E-state index in [0.29, 0.717) is 17.9 Å². The molecule has 0 saturated heterocycles. The number of nitrogens with zero attached hydrogens (tertiary/aromatic N) is 1. The molecule has 0 aliphatic carbocycles. The number of nitrogens with one attached hydrogen (secondary N) is 2. The Hall–Kier alpha value is -2.01. The number of hydrogen-bond donors (Lipinski definition) is 2. The highest BCUT2D eigenvalue weighted by Gasteiger charge is 2.13. The van der Waals surface area contributed by atoms with Gasteiger partial charge in [0.05, 0.1) is 12.2 Å². The molecule has 0 unspecified atom stereocenters. The van der Waals surface area contributed by atoms with Gasteiger partial charge in [0.1, 0.15) is 0 Å². The molecule has 0 saturated carbocycles. The Morgan fingerprint density at radius 2 is 2.30 bits per heavy atom. The summed E-state index contributed by atoms with van der Waals surface area (Å²) in [6, 6.07) is 7.54. The van der Waals surface area contributed by atoms with Crippen molar-refractivity contribution in [2.75, 3.05) is 11.9 Å². The number of fused-ring (bicyclic) bond motifs is 1. The monoisotopic (exact) mass is 293 g/mol. The Kier molecular flexibility index (Phi) is 4.29. The number of aryl methyl sites for hydroxylation is 1. The topological polar surface area (TPSA) is 67.2 Å². The van der Waals surface area contributed by atoms with Crippen LogP contribution in [0, 0.1) is 6.92 Å². The van der Waals surface area contributed by atoms with Gasteiger partial charge in [0.15, 0.2) is 5.76 Å². The molecule has 6 heteroatoms. The quantitative estimate of drug-likeness (QED) is 0.911. The third-order valence-corrected chi connectivity index (χ3v) is 3.18. The SMILES string of the molecule is Cc1cc(CNC(=O)c2ccc3c(c2)CCN3)on1.Cl. The van der Waals surface area contributed by atoms with Crippen LogP contribution in [0.25, 0.3) is 0 Å². The van der Waals surface area contributed by atoms with Crippen molar-refractivity contribution in [2.24, 2.45) is 0 Å². The third-order valence-electron chi connectivity index (χ3n) is 3.18. The molecule has 1 aromatic carbocycles. The lowest BCUT2D eigenvalue weighted by Gasteiger charge is -2.05. The molecule has 2 aromatic rings. The smallest absolute Gasteiger partial charge is 0.251 e. The van der Waals surface area contributed by atoms with Crippen LogP contribution >= 0.6 is 12.4 Å². The highest BCUT2D eigenvalue weighted by atomic mass is 35.5. The molecular formula is C14H16ClN3O2. The van der Waals surface area contributed by atoms with Crippen LogP contribution in [-0.2, 0) is 13.0 Å². The zero-order valence-electron chi connectivity index (χ0n) is 11.1. The lowest BCUT2D eigenvalue weighted by Crippen LogP contribution is -2.22. The molecule has 2 heterocycles. The maximum absolute atomic E-state index is 12.0. The second kappa shape index (κ2) is 5.96. The summed E-state index contributed by atoms with van der Waals surface area (Å²) in [7, 11) is 0. The summed E-state index contributed by atoms with van der Waals surface area (Å²) in [5, 5.41) is 9.88. The van der Waals surface area contributed by atoms with Crippen LogP contribution in [0.4, 0.5) is 5.69 Å². The second-order valence-corrected chi connectivity index (χ2v) is 4.67. The molecule has 0 bridgehead atoms. The van der Waals surface area contributed by atoms with Crippen LogP contribution < -0.4 is 10.6 Å². The van der Waals surface area contributed by atoms with Crippen LogP contribution in [0.2, 0.25) is 0 Å². The number of rotatable bonds is 3. The molecular weight excluding hydrogens is 278 g/mol. The molecule has 106 valence electrons. The summed E-state index contributed by atoms with van der Waals surface area (Å²) < 4.78 is 5.05. The summed E-state index contributed by atoms with van der Waals surface area (Å²) >= 11 is 0. The van der Waals surface area contributed by atoms with Gasteiger partial charge in [-0.15, -0.1) is 12.4 Å². The van der Waals surface area contributed by atoms with Crippen molar-refractivity contribution in [3.8, 4) is 0 Å². The zero-order valence-corrected chi connectivity index (χ0v) is 11.9. The first-order chi connectivity index (χ1) is 9.22. The minimum atomic E-state index is -0.0937. The van der Waals surface area contributed by atoms with Gasteiger partial charge < -0.3 is 15.2 Å². The summed E-state index contributed by atoms with van der Waals surface area (Å²) in [4.78, 5) is 12.0. The average molecular weight is 294 g/mol. The van der Waals surface area contributed by atoms with E-state index < -0.39 is 0 Å². The molecule has 0 spiro atoms. The predicted molar refractivity (Wildman–Crippen MR) is 78.3 cm³/mol. The maximum Gasteiger partial charge on any atom is 0.251 e. The molecule has 20 heavy (non-hydrogen) atoms. The molecule has 1 aliphatic heterocycles. The third kappa shape index (κ3) is 2.93. The Morgan fingerprint density at radius 3 is 3.05 bits per heavy atom. The largest absolute Gasteiger partial charge is 0.384 e. The predicted octanol–water partition coefficient (Wildman–Crippen LogP) is 2.30. The van der Waals surface area contributed by atoms with Crippen molar-refractivity contribution in [3.05, 3.63) is 46.8 Å². The Bertz CT molecular complexity index is 625. The highest BCUT2D eigenvalue weighted by Crippen LogP contribution is 2.22. The van der Waals surface area contributed by atoms with Gasteiger partial charge in [0, 0.05) is 23.9 Å². The van der Waals surface area contributed by atoms with Gasteiger partial charge >= 0.3 is 0 Å². The number of aromatic nitrogens is 1. The van der Waals surface area contributed by atoms with Gasteiger partial charge in [-0.2, -0.15) is 0 Å². The summed E-state index contributed by atoms with van der Waals surface area (Å²) in [6.07, 6.45) is 0.970. The lowest BCUT2D eigenvalue weighted by molar-refractivity contribution is 0.0947. The van der Waals surface area contributed by atoms with Crippen LogP contribution in [0.15, 0.2) is 28.8 Å². The molecule has 2 N–H and O–H groups in total. The number of anilines is 1. The van der Waals surface area contributed by atoms with Gasteiger partial charge in [-0.1, -0.05) is 5.16 Å². The number of carbonyl (C=O) groups excluding carboxylic acids is 1. The summed E-state index contributed by atoms with van der Waals surface area (Å²) in [6.45, 7) is 3.15. The number of carbonyl (C=O) groups is 1. The van der Waals surface area contributed by atoms with Crippen LogP contribution in [0.1, 0.15) is 27.4 Å². The fourth-order valence-electron chi connectivity index (χ4n) is 2.22. The van der Waals surface area contributed by atoms with E-state index in [9.17, 15) is 4.79 Å². The average Bonchev–Trinajstić information content (AvgIpc) is 3.03. The molecule has 0 radical (unpaired) electrons. The highest BCUT2D eigenvalue weighted by molar-refractivity contribution is 5.95. The van der Waals surface area contributed by atoms with Crippen molar-refractivity contribution in [2.45, 2.75) is 19.9 Å². The Balaban J connectivity index is 0.00000147. The summed E-state index contributed by atoms with van der Waals surface area (Å²) in [5.41, 5.74) is 3.82. The zero-order chi connectivity index (χ0) is 13.2. The van der Waals surface area contributed by atoms with Gasteiger partial charge in [-0.05, 0) is 37.1 Å². The van der Waals surface area contributed by atoms with E-state index in [0.717, 1.165) is 24.3 Å². The Morgan fingerprint density at radius 1 is 1.45 bits per heavy atom. The van der Waals surface area contributed by atoms with Crippen molar-refractivity contribution in [1.82, 2.24) is 10.5 Å². The van der Waals surface area contributed by atoms with Gasteiger partial charge in [-0.3, -0.25) is 4.79 Å². The number of benzene rings is 1. The van der Waals surface area contributed by atoms with E-state index in [-0.39, 0.29) is 18.3 Å². The first-order valence-electron chi connectivity index (χ1n) is 6.29. The molecule has 1 aliphatic rings. The molecule has 5 nitrogen and oxygen atoms in total. The van der Waals surface area contributed by atoms with Gasteiger partial charge in [0.2, 0.25) is 0 Å². The summed E-state index contributed by atoms with van der Waals surface area (Å²) in [5.74, 6) is 0.567. The van der Waals surface area contributed by atoms with E-state index in [1.165, 1.54) is 5.56 Å². The first-order valence-corrected chi connectivity index (χ1v) is 6.29. The molecule has 0 atom stereocenters. The van der Waals surface area contributed by atoms with Crippen molar-refractivity contribution >= 4 is 24.0 Å².